The summed E-state index contributed by atoms with van der Waals surface area (Å²) >= 11 is 0. The second-order valence-corrected chi connectivity index (χ2v) is 6.89. The summed E-state index contributed by atoms with van der Waals surface area (Å²) in [7, 11) is 0. The van der Waals surface area contributed by atoms with Gasteiger partial charge in [-0.2, -0.15) is 0 Å². The van der Waals surface area contributed by atoms with Crippen molar-refractivity contribution < 1.29 is 9.59 Å². The molecule has 0 fully saturated rings. The molecule has 4 heteroatoms. The van der Waals surface area contributed by atoms with Gasteiger partial charge in [0.1, 0.15) is 0 Å². The smallest absolute Gasteiger partial charge is 0.251 e. The zero-order chi connectivity index (χ0) is 16.9. The van der Waals surface area contributed by atoms with Crippen LogP contribution in [0, 0.1) is 0 Å². The van der Waals surface area contributed by atoms with E-state index in [4.69, 9.17) is 0 Å². The number of hydrogen-bond acceptors (Lipinski definition) is 2. The van der Waals surface area contributed by atoms with Crippen molar-refractivity contribution in [2.24, 2.45) is 0 Å². The summed E-state index contributed by atoms with van der Waals surface area (Å²) in [4.78, 5) is 25.3. The van der Waals surface area contributed by atoms with Crippen molar-refractivity contribution in [1.29, 1.82) is 0 Å². The second-order valence-electron chi connectivity index (χ2n) is 6.89. The minimum atomic E-state index is -0.104. The van der Waals surface area contributed by atoms with Crippen LogP contribution in [0.3, 0.4) is 0 Å². The number of rotatable bonds is 5. The highest BCUT2D eigenvalue weighted by Gasteiger charge is 2.15. The van der Waals surface area contributed by atoms with Crippen molar-refractivity contribution in [3.8, 4) is 0 Å². The Kier molecular flexibility index (Phi) is 6.15. The van der Waals surface area contributed by atoms with Crippen LogP contribution in [-0.2, 0) is 10.2 Å². The summed E-state index contributed by atoms with van der Waals surface area (Å²) in [5.41, 5.74) is 1.92. The molecule has 0 aliphatic heterocycles. The molecule has 0 aromatic heterocycles. The molecular formula is C18H28N2O2. The molecule has 0 saturated heterocycles. The Morgan fingerprint density at radius 3 is 2.09 bits per heavy atom. The molecule has 0 bridgehead atoms. The van der Waals surface area contributed by atoms with Gasteiger partial charge in [0.2, 0.25) is 5.91 Å². The summed E-state index contributed by atoms with van der Waals surface area (Å²) in [5.74, 6) is -0.0773. The van der Waals surface area contributed by atoms with Crippen LogP contribution < -0.4 is 5.32 Å². The number of amides is 2. The van der Waals surface area contributed by atoms with Gasteiger partial charge in [-0.25, -0.2) is 0 Å². The average molecular weight is 304 g/mol. The maximum absolute atomic E-state index is 12.1. The van der Waals surface area contributed by atoms with E-state index in [2.05, 4.69) is 26.1 Å². The summed E-state index contributed by atoms with van der Waals surface area (Å²) in [6, 6.07) is 7.82. The van der Waals surface area contributed by atoms with E-state index in [0.29, 0.717) is 18.7 Å². The molecule has 1 aromatic rings. The second kappa shape index (κ2) is 7.43. The van der Waals surface area contributed by atoms with Crippen LogP contribution in [0.5, 0.6) is 0 Å². The number of hydrogen-bond donors (Lipinski definition) is 1. The Balaban J connectivity index is 2.57. The molecule has 0 spiro atoms. The molecule has 0 atom stereocenters. The quantitative estimate of drug-likeness (QED) is 0.909. The molecule has 0 unspecified atom stereocenters. The maximum Gasteiger partial charge on any atom is 0.251 e. The van der Waals surface area contributed by atoms with Gasteiger partial charge in [0, 0.05) is 31.6 Å². The Bertz CT molecular complexity index is 513. The molecule has 0 aliphatic carbocycles. The van der Waals surface area contributed by atoms with Crippen LogP contribution >= 0.6 is 0 Å². The van der Waals surface area contributed by atoms with Crippen LogP contribution in [0.25, 0.3) is 0 Å². The lowest BCUT2D eigenvalue weighted by atomic mass is 9.87. The molecule has 122 valence electrons. The number of carbonyl (C=O) groups is 2. The molecule has 1 rings (SSSR count). The van der Waals surface area contributed by atoms with Crippen LogP contribution in [0.15, 0.2) is 24.3 Å². The van der Waals surface area contributed by atoms with Gasteiger partial charge in [-0.1, -0.05) is 32.9 Å². The first-order chi connectivity index (χ1) is 10.1. The predicted octanol–water partition coefficient (Wildman–Crippen LogP) is 2.97. The van der Waals surface area contributed by atoms with Crippen LogP contribution in [0.2, 0.25) is 0 Å². The lowest BCUT2D eigenvalue weighted by Gasteiger charge is -2.25. The van der Waals surface area contributed by atoms with Crippen molar-refractivity contribution in [1.82, 2.24) is 10.2 Å². The number of benzene rings is 1. The average Bonchev–Trinajstić information content (AvgIpc) is 2.41. The highest BCUT2D eigenvalue weighted by Crippen LogP contribution is 2.22. The van der Waals surface area contributed by atoms with Crippen LogP contribution in [-0.4, -0.2) is 35.8 Å². The van der Waals surface area contributed by atoms with E-state index in [9.17, 15) is 9.59 Å². The summed E-state index contributed by atoms with van der Waals surface area (Å²) in [6.07, 6.45) is 0. The molecule has 0 radical (unpaired) electrons. The highest BCUT2D eigenvalue weighted by atomic mass is 16.2. The first-order valence-corrected chi connectivity index (χ1v) is 7.79. The highest BCUT2D eigenvalue weighted by molar-refractivity contribution is 5.94. The van der Waals surface area contributed by atoms with Gasteiger partial charge in [-0.3, -0.25) is 9.59 Å². The summed E-state index contributed by atoms with van der Waals surface area (Å²) in [6.45, 7) is 12.9. The fourth-order valence-corrected chi connectivity index (χ4v) is 2.29. The topological polar surface area (TPSA) is 49.4 Å². The molecular weight excluding hydrogens is 276 g/mol. The predicted molar refractivity (Wildman–Crippen MR) is 90.0 cm³/mol. The Hall–Kier alpha value is -1.84. The third-order valence-corrected chi connectivity index (χ3v) is 3.68. The number of nitrogens with one attached hydrogen (secondary N) is 1. The van der Waals surface area contributed by atoms with Crippen molar-refractivity contribution in [3.63, 3.8) is 0 Å². The molecule has 1 aromatic carbocycles. The van der Waals surface area contributed by atoms with E-state index in [1.165, 1.54) is 5.56 Å². The van der Waals surface area contributed by atoms with Gasteiger partial charge in [0.25, 0.3) is 5.91 Å². The van der Waals surface area contributed by atoms with Crippen molar-refractivity contribution >= 4 is 11.8 Å². The van der Waals surface area contributed by atoms with Crippen LogP contribution in [0.4, 0.5) is 0 Å². The maximum atomic E-state index is 12.1. The fraction of sp³-hybridized carbons (Fsp3) is 0.556. The SMILES string of the molecule is CC(=O)N(CCNC(=O)c1ccc(C(C)(C)C)cc1)C(C)C. The van der Waals surface area contributed by atoms with E-state index in [0.717, 1.165) is 0 Å². The van der Waals surface area contributed by atoms with Crippen molar-refractivity contribution in [2.75, 3.05) is 13.1 Å². The van der Waals surface area contributed by atoms with Gasteiger partial charge in [-0.15, -0.1) is 0 Å². The van der Waals surface area contributed by atoms with Gasteiger partial charge in [-0.05, 0) is 37.0 Å². The zero-order valence-corrected chi connectivity index (χ0v) is 14.6. The van der Waals surface area contributed by atoms with Gasteiger partial charge >= 0.3 is 0 Å². The lowest BCUT2D eigenvalue weighted by molar-refractivity contribution is -0.130. The summed E-state index contributed by atoms with van der Waals surface area (Å²) < 4.78 is 0. The van der Waals surface area contributed by atoms with E-state index in [-0.39, 0.29) is 23.3 Å². The molecule has 0 saturated carbocycles. The Morgan fingerprint density at radius 1 is 1.14 bits per heavy atom. The third kappa shape index (κ3) is 5.17. The molecule has 0 aliphatic rings. The Morgan fingerprint density at radius 2 is 1.68 bits per heavy atom. The lowest BCUT2D eigenvalue weighted by Crippen LogP contribution is -2.41. The van der Waals surface area contributed by atoms with E-state index < -0.39 is 0 Å². The largest absolute Gasteiger partial charge is 0.350 e. The first-order valence-electron chi connectivity index (χ1n) is 7.79. The van der Waals surface area contributed by atoms with E-state index >= 15 is 0 Å². The molecule has 1 N–H and O–H groups in total. The fourth-order valence-electron chi connectivity index (χ4n) is 2.29. The minimum absolute atomic E-state index is 0.0266. The molecule has 0 heterocycles. The Labute approximate surface area is 133 Å². The van der Waals surface area contributed by atoms with Crippen molar-refractivity contribution in [3.05, 3.63) is 35.4 Å². The first kappa shape index (κ1) is 18.2. The minimum Gasteiger partial charge on any atom is -0.350 e. The number of carbonyl (C=O) groups excluding carboxylic acids is 2. The molecule has 4 nitrogen and oxygen atoms in total. The standard InChI is InChI=1S/C18H28N2O2/c1-13(2)20(14(3)21)12-11-19-17(22)15-7-9-16(10-8-15)18(4,5)6/h7-10,13H,11-12H2,1-6H3,(H,19,22). The summed E-state index contributed by atoms with van der Waals surface area (Å²) in [5, 5.41) is 2.86. The monoisotopic (exact) mass is 304 g/mol. The van der Waals surface area contributed by atoms with Gasteiger partial charge in [0.05, 0.1) is 0 Å². The molecule has 2 amide bonds. The van der Waals surface area contributed by atoms with E-state index in [1.807, 2.05) is 38.1 Å². The van der Waals surface area contributed by atoms with Gasteiger partial charge < -0.3 is 10.2 Å². The number of nitrogens with zero attached hydrogens (tertiary/aromatic N) is 1. The normalized spacial score (nSPS) is 11.4. The van der Waals surface area contributed by atoms with E-state index in [1.54, 1.807) is 11.8 Å². The third-order valence-electron chi connectivity index (χ3n) is 3.68. The molecule has 22 heavy (non-hydrogen) atoms. The van der Waals surface area contributed by atoms with Gasteiger partial charge in [0.15, 0.2) is 0 Å². The van der Waals surface area contributed by atoms with Crippen LogP contribution in [0.1, 0.15) is 57.5 Å². The van der Waals surface area contributed by atoms with Crippen molar-refractivity contribution in [2.45, 2.75) is 53.0 Å². The zero-order valence-electron chi connectivity index (χ0n) is 14.6.